The molecule has 0 aliphatic carbocycles. The van der Waals surface area contributed by atoms with E-state index in [-0.39, 0.29) is 4.90 Å². The Balaban J connectivity index is 3.12. The van der Waals surface area contributed by atoms with Crippen LogP contribution < -0.4 is 4.89 Å². The molecule has 0 heterocycles. The van der Waals surface area contributed by atoms with Crippen molar-refractivity contribution in [3.63, 3.8) is 0 Å². The zero-order valence-electron chi connectivity index (χ0n) is 8.03. The van der Waals surface area contributed by atoms with Crippen LogP contribution in [0.25, 0.3) is 0 Å². The molecule has 0 radical (unpaired) electrons. The van der Waals surface area contributed by atoms with Crippen molar-refractivity contribution in [3.05, 3.63) is 27.1 Å². The molecule has 0 saturated carbocycles. The van der Waals surface area contributed by atoms with Gasteiger partial charge in [-0.15, -0.1) is 0 Å². The summed E-state index contributed by atoms with van der Waals surface area (Å²) in [6.07, 6.45) is 0. The van der Waals surface area contributed by atoms with Crippen molar-refractivity contribution in [3.8, 4) is 0 Å². The van der Waals surface area contributed by atoms with E-state index in [1.54, 1.807) is 23.1 Å². The fraction of sp³-hybridized carbons (Fsp3) is 0.125. The maximum absolute atomic E-state index is 11.7. The van der Waals surface area contributed by atoms with E-state index in [9.17, 15) is 13.2 Å². The lowest BCUT2D eigenvalue weighted by atomic mass is 10.4. The van der Waals surface area contributed by atoms with E-state index in [2.05, 4.69) is 36.7 Å². The number of carbonyl (C=O) groups excluding carboxylic acids is 1. The van der Waals surface area contributed by atoms with Gasteiger partial charge < -0.3 is 4.84 Å². The van der Waals surface area contributed by atoms with Gasteiger partial charge in [0, 0.05) is 15.9 Å². The van der Waals surface area contributed by atoms with Crippen molar-refractivity contribution >= 4 is 47.9 Å². The van der Waals surface area contributed by atoms with E-state index in [0.29, 0.717) is 8.95 Å². The zero-order valence-corrected chi connectivity index (χ0v) is 12.0. The molecule has 0 spiro atoms. The largest absolute Gasteiger partial charge is 0.356 e. The van der Waals surface area contributed by atoms with E-state index in [1.165, 1.54) is 0 Å². The number of sulfonamides is 1. The summed E-state index contributed by atoms with van der Waals surface area (Å²) in [7, 11) is -3.90. The minimum absolute atomic E-state index is 0.0312. The second-order valence-corrected chi connectivity index (χ2v) is 6.02. The molecule has 1 rings (SSSR count). The van der Waals surface area contributed by atoms with Crippen LogP contribution in [0.1, 0.15) is 6.92 Å². The molecule has 0 fully saturated rings. The molecule has 8 heteroatoms. The maximum Gasteiger partial charge on any atom is 0.323 e. The van der Waals surface area contributed by atoms with Gasteiger partial charge in [-0.25, -0.2) is 8.42 Å². The molecule has 5 nitrogen and oxygen atoms in total. The first-order valence-electron chi connectivity index (χ1n) is 3.98. The molecule has 0 amide bonds. The fourth-order valence-corrected chi connectivity index (χ4v) is 4.13. The highest BCUT2D eigenvalue weighted by Crippen LogP contribution is 2.29. The van der Waals surface area contributed by atoms with Crippen LogP contribution in [0.2, 0.25) is 0 Å². The summed E-state index contributed by atoms with van der Waals surface area (Å²) in [5.41, 5.74) is 0. The smallest absolute Gasteiger partial charge is 0.323 e. The number of hydrogen-bond acceptors (Lipinski definition) is 4. The summed E-state index contributed by atoms with van der Waals surface area (Å²) in [5, 5.41) is 0. The molecule has 0 aromatic heterocycles. The second-order valence-electron chi connectivity index (χ2n) is 2.73. The lowest BCUT2D eigenvalue weighted by Gasteiger charge is -2.08. The minimum atomic E-state index is -3.90. The number of hydrogen-bond donors (Lipinski definition) is 1. The maximum atomic E-state index is 11.7. The molecule has 0 aliphatic rings. The monoisotopic (exact) mass is 371 g/mol. The highest BCUT2D eigenvalue weighted by molar-refractivity contribution is 9.11. The Morgan fingerprint density at radius 1 is 1.31 bits per heavy atom. The van der Waals surface area contributed by atoms with Crippen molar-refractivity contribution in [1.29, 1.82) is 0 Å². The molecule has 0 saturated heterocycles. The predicted octanol–water partition coefficient (Wildman–Crippen LogP) is 1.97. The zero-order chi connectivity index (χ0) is 12.3. The lowest BCUT2D eigenvalue weighted by molar-refractivity contribution is -0.144. The van der Waals surface area contributed by atoms with Crippen LogP contribution >= 0.6 is 31.9 Å². The highest BCUT2D eigenvalue weighted by Gasteiger charge is 2.21. The van der Waals surface area contributed by atoms with Crippen molar-refractivity contribution in [2.24, 2.45) is 0 Å². The summed E-state index contributed by atoms with van der Waals surface area (Å²) >= 11 is 6.20. The molecular formula is C8H7Br2NO4S. The van der Waals surface area contributed by atoms with Crippen LogP contribution in [0.3, 0.4) is 0 Å². The van der Waals surface area contributed by atoms with Crippen LogP contribution in [0.15, 0.2) is 32.0 Å². The first-order valence-corrected chi connectivity index (χ1v) is 7.05. The van der Waals surface area contributed by atoms with Crippen LogP contribution in [-0.4, -0.2) is 14.4 Å². The third kappa shape index (κ3) is 3.27. The Morgan fingerprint density at radius 3 is 2.25 bits per heavy atom. The quantitative estimate of drug-likeness (QED) is 0.823. The molecule has 0 atom stereocenters. The number of halogens is 2. The third-order valence-corrected chi connectivity index (χ3v) is 4.61. The van der Waals surface area contributed by atoms with Crippen molar-refractivity contribution in [2.45, 2.75) is 11.8 Å². The fourth-order valence-electron chi connectivity index (χ4n) is 0.894. The Bertz CT molecular complexity index is 495. The number of rotatable bonds is 3. The SMILES string of the molecule is CC(=O)ONS(=O)(=O)c1c(Br)cccc1Br. The molecule has 16 heavy (non-hydrogen) atoms. The van der Waals surface area contributed by atoms with Gasteiger partial charge in [0.15, 0.2) is 0 Å². The van der Waals surface area contributed by atoms with Gasteiger partial charge in [0.05, 0.1) is 0 Å². The van der Waals surface area contributed by atoms with Crippen LogP contribution in [0, 0.1) is 0 Å². The van der Waals surface area contributed by atoms with E-state index >= 15 is 0 Å². The summed E-state index contributed by atoms with van der Waals surface area (Å²) in [6, 6.07) is 4.79. The van der Waals surface area contributed by atoms with Gasteiger partial charge in [-0.05, 0) is 48.9 Å². The van der Waals surface area contributed by atoms with E-state index in [1.807, 2.05) is 0 Å². The lowest BCUT2D eigenvalue weighted by Crippen LogP contribution is -2.26. The highest BCUT2D eigenvalue weighted by atomic mass is 79.9. The van der Waals surface area contributed by atoms with Crippen LogP contribution in [-0.2, 0) is 19.7 Å². The van der Waals surface area contributed by atoms with Gasteiger partial charge in [0.25, 0.3) is 10.0 Å². The Hall–Kier alpha value is -0.440. The molecular weight excluding hydrogens is 366 g/mol. The van der Waals surface area contributed by atoms with Gasteiger partial charge >= 0.3 is 5.97 Å². The minimum Gasteiger partial charge on any atom is -0.356 e. The first-order chi connectivity index (χ1) is 7.34. The van der Waals surface area contributed by atoms with Gasteiger partial charge in [0.1, 0.15) is 4.90 Å². The molecule has 1 aromatic rings. The summed E-state index contributed by atoms with van der Waals surface area (Å²) in [4.78, 5) is 16.5. The van der Waals surface area contributed by atoms with Gasteiger partial charge in [-0.3, -0.25) is 4.79 Å². The Labute approximate surface area is 109 Å². The van der Waals surface area contributed by atoms with Crippen LogP contribution in [0.4, 0.5) is 0 Å². The molecule has 1 N–H and O–H groups in total. The number of benzene rings is 1. The van der Waals surface area contributed by atoms with Crippen LogP contribution in [0.5, 0.6) is 0 Å². The first kappa shape index (κ1) is 13.6. The number of carbonyl (C=O) groups is 1. The standard InChI is InChI=1S/C8H7Br2NO4S/c1-5(12)15-11-16(13,14)8-6(9)3-2-4-7(8)10/h2-4,11H,1H3. The van der Waals surface area contributed by atoms with Crippen molar-refractivity contribution in [1.82, 2.24) is 4.89 Å². The topological polar surface area (TPSA) is 72.5 Å². The summed E-state index contributed by atoms with van der Waals surface area (Å²) in [5.74, 6) is -0.744. The number of nitrogens with one attached hydrogen (secondary N) is 1. The molecule has 0 aliphatic heterocycles. The Kier molecular flexibility index (Phi) is 4.48. The van der Waals surface area contributed by atoms with Gasteiger partial charge in [0.2, 0.25) is 0 Å². The van der Waals surface area contributed by atoms with Crippen molar-refractivity contribution < 1.29 is 18.0 Å². The summed E-state index contributed by atoms with van der Waals surface area (Å²) < 4.78 is 24.2. The van der Waals surface area contributed by atoms with E-state index in [0.717, 1.165) is 6.92 Å². The van der Waals surface area contributed by atoms with Crippen molar-refractivity contribution in [2.75, 3.05) is 0 Å². The van der Waals surface area contributed by atoms with Gasteiger partial charge in [-0.2, -0.15) is 0 Å². The van der Waals surface area contributed by atoms with Gasteiger partial charge in [-0.1, -0.05) is 6.07 Å². The molecule has 88 valence electrons. The normalized spacial score (nSPS) is 11.2. The Morgan fingerprint density at radius 2 is 1.81 bits per heavy atom. The predicted molar refractivity (Wildman–Crippen MR) is 63.9 cm³/mol. The summed E-state index contributed by atoms with van der Waals surface area (Å²) in [6.45, 7) is 1.09. The third-order valence-electron chi connectivity index (χ3n) is 1.48. The second kappa shape index (κ2) is 5.26. The average Bonchev–Trinajstić information content (AvgIpc) is 2.14. The molecule has 1 aromatic carbocycles. The van der Waals surface area contributed by atoms with E-state index < -0.39 is 16.0 Å². The van der Waals surface area contributed by atoms with E-state index in [4.69, 9.17) is 0 Å². The average molecular weight is 373 g/mol. The molecule has 0 unspecified atom stereocenters. The molecule has 0 bridgehead atoms.